The van der Waals surface area contributed by atoms with Gasteiger partial charge in [-0.3, -0.25) is 0 Å². The van der Waals surface area contributed by atoms with Gasteiger partial charge in [0.15, 0.2) is 0 Å². The number of halogens is 1. The molecule has 1 aliphatic carbocycles. The van der Waals surface area contributed by atoms with Gasteiger partial charge in [-0.15, -0.1) is 0 Å². The van der Waals surface area contributed by atoms with Crippen LogP contribution in [0.4, 0.5) is 4.39 Å². The fraction of sp³-hybridized carbons (Fsp3) is 0.500. The zero-order valence-corrected chi connectivity index (χ0v) is 8.46. The summed E-state index contributed by atoms with van der Waals surface area (Å²) in [7, 11) is 0. The minimum Gasteiger partial charge on any atom is -0.327 e. The monoisotopic (exact) mass is 193 g/mol. The van der Waals surface area contributed by atoms with Crippen molar-refractivity contribution in [2.24, 2.45) is 5.73 Å². The number of benzene rings is 1. The Balaban J connectivity index is 2.28. The number of hydrogen-bond donors (Lipinski definition) is 1. The Hall–Kier alpha value is -0.890. The minimum atomic E-state index is -0.125. The molecule has 1 nitrogen and oxygen atoms in total. The Morgan fingerprint density at radius 2 is 2.14 bits per heavy atom. The van der Waals surface area contributed by atoms with Gasteiger partial charge in [0.05, 0.1) is 0 Å². The lowest BCUT2D eigenvalue weighted by Crippen LogP contribution is -2.22. The molecule has 76 valence electrons. The van der Waals surface area contributed by atoms with E-state index in [2.05, 4.69) is 0 Å². The maximum absolute atomic E-state index is 13.1. The van der Waals surface area contributed by atoms with Crippen molar-refractivity contribution < 1.29 is 4.39 Å². The van der Waals surface area contributed by atoms with E-state index in [1.807, 2.05) is 12.1 Å². The SMILES string of the molecule is Cc1cc(C2CCCC2N)ccc1F. The van der Waals surface area contributed by atoms with Gasteiger partial charge in [0.2, 0.25) is 0 Å². The van der Waals surface area contributed by atoms with Crippen molar-refractivity contribution in [3.05, 3.63) is 35.1 Å². The summed E-state index contributed by atoms with van der Waals surface area (Å²) in [4.78, 5) is 0. The maximum atomic E-state index is 13.1. The molecule has 14 heavy (non-hydrogen) atoms. The lowest BCUT2D eigenvalue weighted by Gasteiger charge is -2.16. The first-order chi connectivity index (χ1) is 6.68. The van der Waals surface area contributed by atoms with Crippen LogP contribution in [0.1, 0.15) is 36.3 Å². The first kappa shape index (κ1) is 9.66. The molecule has 2 N–H and O–H groups in total. The molecule has 1 fully saturated rings. The van der Waals surface area contributed by atoms with Crippen molar-refractivity contribution in [1.82, 2.24) is 0 Å². The molecule has 0 aliphatic heterocycles. The highest BCUT2D eigenvalue weighted by Gasteiger charge is 2.25. The van der Waals surface area contributed by atoms with Crippen LogP contribution >= 0.6 is 0 Å². The molecule has 0 amide bonds. The summed E-state index contributed by atoms with van der Waals surface area (Å²) in [5, 5.41) is 0. The van der Waals surface area contributed by atoms with Crippen molar-refractivity contribution >= 4 is 0 Å². The van der Waals surface area contributed by atoms with Crippen molar-refractivity contribution in [1.29, 1.82) is 0 Å². The highest BCUT2D eigenvalue weighted by atomic mass is 19.1. The molecule has 0 radical (unpaired) electrons. The van der Waals surface area contributed by atoms with Gasteiger partial charge < -0.3 is 5.73 Å². The van der Waals surface area contributed by atoms with Crippen molar-refractivity contribution in [2.45, 2.75) is 38.1 Å². The van der Waals surface area contributed by atoms with Crippen LogP contribution < -0.4 is 5.73 Å². The Kier molecular flexibility index (Phi) is 2.55. The Bertz CT molecular complexity index is 335. The third kappa shape index (κ3) is 1.67. The zero-order valence-electron chi connectivity index (χ0n) is 8.46. The van der Waals surface area contributed by atoms with Gasteiger partial charge in [-0.1, -0.05) is 18.6 Å². The summed E-state index contributed by atoms with van der Waals surface area (Å²) in [5.74, 6) is 0.314. The van der Waals surface area contributed by atoms with Gasteiger partial charge in [0.25, 0.3) is 0 Å². The Morgan fingerprint density at radius 3 is 2.71 bits per heavy atom. The standard InChI is InChI=1S/C12H16FN/c1-8-7-9(5-6-11(8)13)10-3-2-4-12(10)14/h5-7,10,12H,2-4,14H2,1H3. The molecule has 1 aromatic rings. The topological polar surface area (TPSA) is 26.0 Å². The fourth-order valence-electron chi connectivity index (χ4n) is 2.30. The van der Waals surface area contributed by atoms with Gasteiger partial charge in [0, 0.05) is 6.04 Å². The van der Waals surface area contributed by atoms with Crippen LogP contribution in [0.5, 0.6) is 0 Å². The molecule has 1 aliphatic rings. The predicted octanol–water partition coefficient (Wildman–Crippen LogP) is 2.73. The largest absolute Gasteiger partial charge is 0.327 e. The van der Waals surface area contributed by atoms with Gasteiger partial charge in [-0.05, 0) is 42.9 Å². The summed E-state index contributed by atoms with van der Waals surface area (Å²) in [5.41, 5.74) is 7.93. The van der Waals surface area contributed by atoms with E-state index in [1.165, 1.54) is 12.0 Å². The second-order valence-electron chi connectivity index (χ2n) is 4.21. The molecular formula is C12H16FN. The average molecular weight is 193 g/mol. The van der Waals surface area contributed by atoms with Crippen LogP contribution in [0.3, 0.4) is 0 Å². The van der Waals surface area contributed by atoms with E-state index in [0.717, 1.165) is 18.4 Å². The van der Waals surface area contributed by atoms with E-state index in [0.29, 0.717) is 5.92 Å². The molecule has 0 bridgehead atoms. The molecule has 2 atom stereocenters. The van der Waals surface area contributed by atoms with E-state index in [4.69, 9.17) is 5.73 Å². The molecular weight excluding hydrogens is 177 g/mol. The lowest BCUT2D eigenvalue weighted by molar-refractivity contribution is 0.598. The van der Waals surface area contributed by atoms with Crippen LogP contribution in [0.25, 0.3) is 0 Å². The maximum Gasteiger partial charge on any atom is 0.126 e. The zero-order chi connectivity index (χ0) is 10.1. The van der Waals surface area contributed by atoms with Gasteiger partial charge in [-0.25, -0.2) is 4.39 Å². The highest BCUT2D eigenvalue weighted by Crippen LogP contribution is 2.33. The van der Waals surface area contributed by atoms with Crippen molar-refractivity contribution in [3.8, 4) is 0 Å². The summed E-state index contributed by atoms with van der Waals surface area (Å²) < 4.78 is 13.1. The van der Waals surface area contributed by atoms with Crippen molar-refractivity contribution in [3.63, 3.8) is 0 Å². The van der Waals surface area contributed by atoms with Crippen LogP contribution in [0.2, 0.25) is 0 Å². The summed E-state index contributed by atoms with van der Waals surface area (Å²) >= 11 is 0. The quantitative estimate of drug-likeness (QED) is 0.729. The second kappa shape index (κ2) is 3.70. The third-order valence-corrected chi connectivity index (χ3v) is 3.18. The number of nitrogens with two attached hydrogens (primary N) is 1. The van der Waals surface area contributed by atoms with E-state index in [-0.39, 0.29) is 11.9 Å². The van der Waals surface area contributed by atoms with Crippen molar-refractivity contribution in [2.75, 3.05) is 0 Å². The minimum absolute atomic E-state index is 0.125. The number of hydrogen-bond acceptors (Lipinski definition) is 1. The molecule has 0 heterocycles. The molecule has 2 unspecified atom stereocenters. The fourth-order valence-corrected chi connectivity index (χ4v) is 2.30. The molecule has 2 heteroatoms. The van der Waals surface area contributed by atoms with Gasteiger partial charge in [-0.2, -0.15) is 0 Å². The van der Waals surface area contributed by atoms with Gasteiger partial charge in [0.1, 0.15) is 5.82 Å². The smallest absolute Gasteiger partial charge is 0.126 e. The van der Waals surface area contributed by atoms with Gasteiger partial charge >= 0.3 is 0 Å². The number of rotatable bonds is 1. The summed E-state index contributed by atoms with van der Waals surface area (Å²) in [6.45, 7) is 1.80. The first-order valence-corrected chi connectivity index (χ1v) is 5.20. The lowest BCUT2D eigenvalue weighted by atomic mass is 9.93. The highest BCUT2D eigenvalue weighted by molar-refractivity contribution is 5.28. The van der Waals surface area contributed by atoms with Crippen LogP contribution in [-0.2, 0) is 0 Å². The van der Waals surface area contributed by atoms with E-state index in [9.17, 15) is 4.39 Å². The Labute approximate surface area is 84.1 Å². The average Bonchev–Trinajstić information content (AvgIpc) is 2.57. The molecule has 1 saturated carbocycles. The predicted molar refractivity (Wildman–Crippen MR) is 55.7 cm³/mol. The summed E-state index contributed by atoms with van der Waals surface area (Å²) in [6, 6.07) is 5.62. The number of aryl methyl sites for hydroxylation is 1. The van der Waals surface area contributed by atoms with E-state index in [1.54, 1.807) is 13.0 Å². The second-order valence-corrected chi connectivity index (χ2v) is 4.21. The van der Waals surface area contributed by atoms with Crippen LogP contribution in [0, 0.1) is 12.7 Å². The molecule has 0 aromatic heterocycles. The van der Waals surface area contributed by atoms with E-state index >= 15 is 0 Å². The molecule has 0 spiro atoms. The van der Waals surface area contributed by atoms with Crippen LogP contribution in [0.15, 0.2) is 18.2 Å². The molecule has 1 aromatic carbocycles. The third-order valence-electron chi connectivity index (χ3n) is 3.18. The molecule has 0 saturated heterocycles. The molecule has 2 rings (SSSR count). The van der Waals surface area contributed by atoms with E-state index < -0.39 is 0 Å². The first-order valence-electron chi connectivity index (χ1n) is 5.20. The normalized spacial score (nSPS) is 26.8. The Morgan fingerprint density at radius 1 is 1.36 bits per heavy atom. The summed E-state index contributed by atoms with van der Waals surface area (Å²) in [6.07, 6.45) is 3.44. The van der Waals surface area contributed by atoms with Crippen LogP contribution in [-0.4, -0.2) is 6.04 Å².